The van der Waals surface area contributed by atoms with Crippen LogP contribution in [0.15, 0.2) is 48.7 Å². The first-order chi connectivity index (χ1) is 20.2. The fourth-order valence-electron chi connectivity index (χ4n) is 6.05. The van der Waals surface area contributed by atoms with Crippen LogP contribution in [-0.4, -0.2) is 91.4 Å². The average molecular weight is 576 g/mol. The maximum absolute atomic E-state index is 13.8. The van der Waals surface area contributed by atoms with E-state index in [2.05, 4.69) is 15.6 Å². The molecule has 2 aliphatic heterocycles. The van der Waals surface area contributed by atoms with E-state index < -0.39 is 5.92 Å². The number of nitrogens with zero attached hydrogens (tertiary/aromatic N) is 2. The smallest absolute Gasteiger partial charge is 0.254 e. The van der Waals surface area contributed by atoms with Crippen molar-refractivity contribution in [3.05, 3.63) is 59.8 Å². The average Bonchev–Trinajstić information content (AvgIpc) is 3.65. The molecule has 3 heterocycles. The Morgan fingerprint density at radius 2 is 1.74 bits per heavy atom. The Morgan fingerprint density at radius 3 is 2.45 bits per heavy atom. The summed E-state index contributed by atoms with van der Waals surface area (Å²) in [5.74, 6) is -0.823. The Morgan fingerprint density at radius 1 is 0.976 bits per heavy atom. The molecule has 3 aromatic rings. The molecule has 0 saturated carbocycles. The van der Waals surface area contributed by atoms with Crippen LogP contribution >= 0.6 is 0 Å². The number of fused-ring (bicyclic) bond motifs is 2. The third-order valence-corrected chi connectivity index (χ3v) is 8.09. The summed E-state index contributed by atoms with van der Waals surface area (Å²) in [6, 6.07) is 12.5. The summed E-state index contributed by atoms with van der Waals surface area (Å²) in [6.45, 7) is 5.04. The molecule has 3 N–H and O–H groups in total. The van der Waals surface area contributed by atoms with Gasteiger partial charge in [-0.3, -0.25) is 19.2 Å². The predicted octanol–water partition coefficient (Wildman–Crippen LogP) is 2.29. The number of H-pyrrole nitrogens is 1. The second kappa shape index (κ2) is 12.1. The largest absolute Gasteiger partial charge is 0.493 e. The molecule has 3 unspecified atom stereocenters. The van der Waals surface area contributed by atoms with Gasteiger partial charge in [-0.05, 0) is 62.1 Å². The molecular formula is C31H37N5O6. The topological polar surface area (TPSA) is 133 Å². The number of carbonyl (C=O) groups excluding carboxylic acids is 4. The van der Waals surface area contributed by atoms with Crippen molar-refractivity contribution in [2.75, 3.05) is 46.9 Å². The molecule has 0 spiro atoms. The van der Waals surface area contributed by atoms with E-state index in [1.54, 1.807) is 40.3 Å². The normalized spacial score (nSPS) is 19.9. The number of hydrogen-bond acceptors (Lipinski definition) is 6. The summed E-state index contributed by atoms with van der Waals surface area (Å²) in [4.78, 5) is 59.3. The standard InChI is InChI=1S/C31H37N5O6/c1-18(2)42-26-9-8-19(12-27(26)41-4)30(39)35-14-20-15-36(31(40)22-6-5-7-25-21(22)10-11-33-25)17-24(23(20)16-35)29(38)34-13-28(37)32-3/h5-12,18,20,23-24,33H,13-17H2,1-4H3,(H,32,37)(H,34,38). The highest BCUT2D eigenvalue weighted by molar-refractivity contribution is 6.06. The van der Waals surface area contributed by atoms with Gasteiger partial charge in [-0.1, -0.05) is 6.07 Å². The van der Waals surface area contributed by atoms with Crippen LogP contribution in [0, 0.1) is 17.8 Å². The minimum atomic E-state index is -0.586. The first-order valence-corrected chi connectivity index (χ1v) is 14.2. The number of likely N-dealkylation sites (tertiary alicyclic amines) is 2. The number of nitrogens with one attached hydrogen (secondary N) is 3. The summed E-state index contributed by atoms with van der Waals surface area (Å²) in [6.07, 6.45) is 1.74. The summed E-state index contributed by atoms with van der Waals surface area (Å²) < 4.78 is 11.3. The Kier molecular flexibility index (Phi) is 8.37. The van der Waals surface area contributed by atoms with E-state index in [9.17, 15) is 19.2 Å². The molecule has 3 atom stereocenters. The fraction of sp³-hybridized carbons (Fsp3) is 0.419. The summed E-state index contributed by atoms with van der Waals surface area (Å²) in [5, 5.41) is 6.04. The minimum Gasteiger partial charge on any atom is -0.493 e. The molecule has 5 rings (SSSR count). The van der Waals surface area contributed by atoms with Crippen LogP contribution in [0.25, 0.3) is 10.9 Å². The van der Waals surface area contributed by atoms with Crippen LogP contribution in [-0.2, 0) is 9.59 Å². The minimum absolute atomic E-state index is 0.0523. The molecule has 11 nitrogen and oxygen atoms in total. The number of aromatic amines is 1. The number of amides is 4. The highest BCUT2D eigenvalue weighted by atomic mass is 16.5. The first kappa shape index (κ1) is 29.0. The highest BCUT2D eigenvalue weighted by Crippen LogP contribution is 2.38. The molecule has 2 saturated heterocycles. The summed E-state index contributed by atoms with van der Waals surface area (Å²) in [5.41, 5.74) is 1.86. The van der Waals surface area contributed by atoms with Gasteiger partial charge in [0.25, 0.3) is 11.8 Å². The van der Waals surface area contributed by atoms with Gasteiger partial charge in [0.1, 0.15) is 0 Å². The molecule has 42 heavy (non-hydrogen) atoms. The van der Waals surface area contributed by atoms with E-state index in [-0.39, 0.29) is 54.7 Å². The maximum Gasteiger partial charge on any atom is 0.254 e. The van der Waals surface area contributed by atoms with Crippen molar-refractivity contribution in [2.45, 2.75) is 20.0 Å². The SMILES string of the molecule is CNC(=O)CNC(=O)C1CN(C(=O)c2cccc3[nH]ccc23)CC2CN(C(=O)c3ccc(OC(C)C)c(OC)c3)CC21. The Balaban J connectivity index is 1.39. The number of ether oxygens (including phenoxy) is 2. The van der Waals surface area contributed by atoms with Crippen molar-refractivity contribution < 1.29 is 28.7 Å². The first-order valence-electron chi connectivity index (χ1n) is 14.2. The Labute approximate surface area is 244 Å². The number of aromatic nitrogens is 1. The van der Waals surface area contributed by atoms with E-state index in [1.165, 1.54) is 14.2 Å². The van der Waals surface area contributed by atoms with Crippen LogP contribution in [0.2, 0.25) is 0 Å². The van der Waals surface area contributed by atoms with Gasteiger partial charge in [0.05, 0.1) is 25.7 Å². The van der Waals surface area contributed by atoms with Crippen LogP contribution in [0.1, 0.15) is 34.6 Å². The maximum atomic E-state index is 13.8. The van der Waals surface area contributed by atoms with E-state index >= 15 is 0 Å². The van der Waals surface area contributed by atoms with Crippen LogP contribution < -0.4 is 20.1 Å². The van der Waals surface area contributed by atoms with E-state index in [0.29, 0.717) is 42.3 Å². The fourth-order valence-corrected chi connectivity index (χ4v) is 6.05. The van der Waals surface area contributed by atoms with Crippen molar-refractivity contribution in [1.29, 1.82) is 0 Å². The predicted molar refractivity (Wildman–Crippen MR) is 156 cm³/mol. The Hall–Kier alpha value is -4.54. The van der Waals surface area contributed by atoms with Crippen LogP contribution in [0.4, 0.5) is 0 Å². The lowest BCUT2D eigenvalue weighted by Crippen LogP contribution is -2.53. The lowest BCUT2D eigenvalue weighted by Gasteiger charge is -2.39. The van der Waals surface area contributed by atoms with E-state index in [0.717, 1.165) is 10.9 Å². The summed E-state index contributed by atoms with van der Waals surface area (Å²) >= 11 is 0. The van der Waals surface area contributed by atoms with Gasteiger partial charge < -0.3 is 34.9 Å². The molecule has 4 amide bonds. The van der Waals surface area contributed by atoms with Gasteiger partial charge in [0, 0.05) is 61.5 Å². The van der Waals surface area contributed by atoms with Gasteiger partial charge in [0.15, 0.2) is 11.5 Å². The van der Waals surface area contributed by atoms with E-state index in [1.807, 2.05) is 32.0 Å². The van der Waals surface area contributed by atoms with E-state index in [4.69, 9.17) is 9.47 Å². The van der Waals surface area contributed by atoms with Crippen LogP contribution in [0.3, 0.4) is 0 Å². The quantitative estimate of drug-likeness (QED) is 0.378. The molecular weight excluding hydrogens is 538 g/mol. The van der Waals surface area contributed by atoms with Crippen molar-refractivity contribution in [2.24, 2.45) is 17.8 Å². The Bertz CT molecular complexity index is 1500. The molecule has 2 fully saturated rings. The van der Waals surface area contributed by atoms with Crippen molar-refractivity contribution in [3.63, 3.8) is 0 Å². The number of hydrogen-bond donors (Lipinski definition) is 3. The van der Waals surface area contributed by atoms with Crippen molar-refractivity contribution in [1.82, 2.24) is 25.4 Å². The number of rotatable bonds is 8. The monoisotopic (exact) mass is 575 g/mol. The molecule has 2 aromatic carbocycles. The number of carbonyl (C=O) groups is 4. The molecule has 2 aliphatic rings. The van der Waals surface area contributed by atoms with Gasteiger partial charge in [-0.15, -0.1) is 0 Å². The molecule has 1 aromatic heterocycles. The zero-order valence-electron chi connectivity index (χ0n) is 24.3. The molecule has 0 bridgehead atoms. The lowest BCUT2D eigenvalue weighted by atomic mass is 9.79. The third kappa shape index (κ3) is 5.77. The molecule has 11 heteroatoms. The van der Waals surface area contributed by atoms with Crippen molar-refractivity contribution >= 4 is 34.5 Å². The van der Waals surface area contributed by atoms with Gasteiger partial charge in [-0.25, -0.2) is 0 Å². The molecule has 0 aliphatic carbocycles. The zero-order chi connectivity index (χ0) is 30.0. The number of piperidine rings is 1. The van der Waals surface area contributed by atoms with Gasteiger partial charge in [-0.2, -0.15) is 0 Å². The zero-order valence-corrected chi connectivity index (χ0v) is 24.3. The molecule has 0 radical (unpaired) electrons. The second-order valence-electron chi connectivity index (χ2n) is 11.1. The number of benzene rings is 2. The molecule has 222 valence electrons. The van der Waals surface area contributed by atoms with Crippen molar-refractivity contribution in [3.8, 4) is 11.5 Å². The van der Waals surface area contributed by atoms with Crippen LogP contribution in [0.5, 0.6) is 11.5 Å². The third-order valence-electron chi connectivity index (χ3n) is 8.09. The summed E-state index contributed by atoms with van der Waals surface area (Å²) in [7, 11) is 3.03. The number of methoxy groups -OCH3 is 1. The van der Waals surface area contributed by atoms with Gasteiger partial charge in [0.2, 0.25) is 11.8 Å². The highest BCUT2D eigenvalue weighted by Gasteiger charge is 2.48. The second-order valence-corrected chi connectivity index (χ2v) is 11.1. The lowest BCUT2D eigenvalue weighted by molar-refractivity contribution is -0.131. The van der Waals surface area contributed by atoms with Gasteiger partial charge >= 0.3 is 0 Å². The number of likely N-dealkylation sites (N-methyl/N-ethyl adjacent to an activating group) is 1.